The molecule has 0 bridgehead atoms. The molecule has 0 aliphatic carbocycles. The molecule has 0 saturated heterocycles. The minimum Gasteiger partial charge on any atom is -0.489 e. The molecular formula is C20H19NO2. The fourth-order valence-corrected chi connectivity index (χ4v) is 2.15. The van der Waals surface area contributed by atoms with Gasteiger partial charge in [-0.25, -0.2) is 0 Å². The lowest BCUT2D eigenvalue weighted by Gasteiger charge is -2.09. The van der Waals surface area contributed by atoms with E-state index in [9.17, 15) is 0 Å². The van der Waals surface area contributed by atoms with Gasteiger partial charge in [-0.1, -0.05) is 42.5 Å². The van der Waals surface area contributed by atoms with Crippen molar-refractivity contribution in [2.45, 2.75) is 13.2 Å². The van der Waals surface area contributed by atoms with Crippen molar-refractivity contribution in [3.8, 4) is 11.5 Å². The van der Waals surface area contributed by atoms with Crippen LogP contribution in [0, 0.1) is 0 Å². The third-order valence-electron chi connectivity index (χ3n) is 3.46. The van der Waals surface area contributed by atoms with Crippen LogP contribution >= 0.6 is 0 Å². The lowest BCUT2D eigenvalue weighted by Crippen LogP contribution is -1.97. The number of rotatable bonds is 6. The van der Waals surface area contributed by atoms with Crippen molar-refractivity contribution in [3.05, 3.63) is 90.0 Å². The Morgan fingerprint density at radius 2 is 1.04 bits per heavy atom. The molecule has 0 saturated carbocycles. The SMILES string of the molecule is Nc1ccc(COc2ccc(OCc3ccccc3)cc2)cc1. The van der Waals surface area contributed by atoms with Gasteiger partial charge in [0.1, 0.15) is 24.7 Å². The zero-order chi connectivity index (χ0) is 15.9. The Hall–Kier alpha value is -2.94. The van der Waals surface area contributed by atoms with Gasteiger partial charge in [0.05, 0.1) is 0 Å². The number of hydrogen-bond acceptors (Lipinski definition) is 3. The van der Waals surface area contributed by atoms with Crippen LogP contribution in [0.15, 0.2) is 78.9 Å². The Bertz CT molecular complexity index is 722. The Kier molecular flexibility index (Phi) is 4.79. The van der Waals surface area contributed by atoms with Gasteiger partial charge >= 0.3 is 0 Å². The van der Waals surface area contributed by atoms with Gasteiger partial charge in [0.25, 0.3) is 0 Å². The topological polar surface area (TPSA) is 44.5 Å². The standard InChI is InChI=1S/C20H19NO2/c21-18-8-6-17(7-9-18)15-23-20-12-10-19(11-13-20)22-14-16-4-2-1-3-5-16/h1-13H,14-15,21H2. The number of ether oxygens (including phenoxy) is 2. The second-order valence-corrected chi connectivity index (χ2v) is 5.28. The number of hydrogen-bond donors (Lipinski definition) is 1. The van der Waals surface area contributed by atoms with Gasteiger partial charge < -0.3 is 15.2 Å². The summed E-state index contributed by atoms with van der Waals surface area (Å²) in [5.74, 6) is 1.64. The van der Waals surface area contributed by atoms with E-state index in [0.29, 0.717) is 13.2 Å². The molecule has 116 valence electrons. The molecule has 2 N–H and O–H groups in total. The summed E-state index contributed by atoms with van der Waals surface area (Å²) < 4.78 is 11.5. The zero-order valence-corrected chi connectivity index (χ0v) is 12.8. The maximum atomic E-state index is 5.75. The van der Waals surface area contributed by atoms with Gasteiger partial charge in [-0.3, -0.25) is 0 Å². The molecule has 0 fully saturated rings. The van der Waals surface area contributed by atoms with Crippen molar-refractivity contribution in [2.75, 3.05) is 5.73 Å². The summed E-state index contributed by atoms with van der Waals surface area (Å²) in [5.41, 5.74) is 8.66. The number of anilines is 1. The van der Waals surface area contributed by atoms with Crippen LogP contribution in [0.1, 0.15) is 11.1 Å². The molecule has 0 aliphatic rings. The minimum absolute atomic E-state index is 0.518. The van der Waals surface area contributed by atoms with E-state index in [1.807, 2.05) is 78.9 Å². The molecule has 0 amide bonds. The van der Waals surface area contributed by atoms with Crippen LogP contribution in [0.4, 0.5) is 5.69 Å². The predicted octanol–water partition coefficient (Wildman–Crippen LogP) is 4.43. The van der Waals surface area contributed by atoms with Gasteiger partial charge in [0.2, 0.25) is 0 Å². The van der Waals surface area contributed by atoms with E-state index in [1.165, 1.54) is 0 Å². The molecule has 0 spiro atoms. The Balaban J connectivity index is 1.51. The van der Waals surface area contributed by atoms with Gasteiger partial charge in [-0.15, -0.1) is 0 Å². The summed E-state index contributed by atoms with van der Waals surface area (Å²) in [6.45, 7) is 1.08. The average molecular weight is 305 g/mol. The molecule has 3 aromatic rings. The Morgan fingerprint density at radius 3 is 1.57 bits per heavy atom. The summed E-state index contributed by atoms with van der Waals surface area (Å²) in [4.78, 5) is 0. The molecule has 0 heterocycles. The van der Waals surface area contributed by atoms with Crippen molar-refractivity contribution in [2.24, 2.45) is 0 Å². The van der Waals surface area contributed by atoms with Gasteiger partial charge in [-0.05, 0) is 47.5 Å². The quantitative estimate of drug-likeness (QED) is 0.685. The van der Waals surface area contributed by atoms with Crippen molar-refractivity contribution < 1.29 is 9.47 Å². The third-order valence-corrected chi connectivity index (χ3v) is 3.46. The highest BCUT2D eigenvalue weighted by molar-refractivity contribution is 5.39. The minimum atomic E-state index is 0.518. The molecule has 3 rings (SSSR count). The molecule has 3 heteroatoms. The third kappa shape index (κ3) is 4.51. The molecular weight excluding hydrogens is 286 g/mol. The summed E-state index contributed by atoms with van der Waals surface area (Å²) in [7, 11) is 0. The molecule has 3 aromatic carbocycles. The number of nitrogen functional groups attached to an aromatic ring is 1. The maximum absolute atomic E-state index is 5.75. The summed E-state index contributed by atoms with van der Waals surface area (Å²) >= 11 is 0. The van der Waals surface area contributed by atoms with Gasteiger partial charge in [0, 0.05) is 5.69 Å². The first-order valence-electron chi connectivity index (χ1n) is 7.53. The maximum Gasteiger partial charge on any atom is 0.120 e. The first kappa shape index (κ1) is 15.0. The van der Waals surface area contributed by atoms with Crippen LogP contribution in [0.5, 0.6) is 11.5 Å². The lowest BCUT2D eigenvalue weighted by atomic mass is 10.2. The Morgan fingerprint density at radius 1 is 0.565 bits per heavy atom. The van der Waals surface area contributed by atoms with E-state index < -0.39 is 0 Å². The van der Waals surface area contributed by atoms with Crippen LogP contribution in [-0.2, 0) is 13.2 Å². The molecule has 0 aliphatic heterocycles. The first-order valence-corrected chi connectivity index (χ1v) is 7.53. The predicted molar refractivity (Wildman–Crippen MR) is 92.4 cm³/mol. The van der Waals surface area contributed by atoms with E-state index in [2.05, 4.69) is 0 Å². The van der Waals surface area contributed by atoms with Gasteiger partial charge in [-0.2, -0.15) is 0 Å². The number of nitrogens with two attached hydrogens (primary N) is 1. The first-order chi connectivity index (χ1) is 11.3. The van der Waals surface area contributed by atoms with E-state index in [4.69, 9.17) is 15.2 Å². The molecule has 3 nitrogen and oxygen atoms in total. The highest BCUT2D eigenvalue weighted by Gasteiger charge is 1.99. The van der Waals surface area contributed by atoms with Crippen LogP contribution < -0.4 is 15.2 Å². The van der Waals surface area contributed by atoms with E-state index in [0.717, 1.165) is 28.3 Å². The average Bonchev–Trinajstić information content (AvgIpc) is 2.61. The summed E-state index contributed by atoms with van der Waals surface area (Å²) in [5, 5.41) is 0. The monoisotopic (exact) mass is 305 g/mol. The van der Waals surface area contributed by atoms with E-state index >= 15 is 0 Å². The summed E-state index contributed by atoms with van der Waals surface area (Å²) in [6, 6.07) is 25.4. The highest BCUT2D eigenvalue weighted by atomic mass is 16.5. The molecule has 0 aromatic heterocycles. The van der Waals surface area contributed by atoms with Crippen molar-refractivity contribution in [1.82, 2.24) is 0 Å². The van der Waals surface area contributed by atoms with E-state index in [-0.39, 0.29) is 0 Å². The van der Waals surface area contributed by atoms with Gasteiger partial charge in [0.15, 0.2) is 0 Å². The van der Waals surface area contributed by atoms with E-state index in [1.54, 1.807) is 0 Å². The Labute approximate surface area is 136 Å². The molecule has 0 unspecified atom stereocenters. The van der Waals surface area contributed by atoms with Crippen LogP contribution in [-0.4, -0.2) is 0 Å². The largest absolute Gasteiger partial charge is 0.489 e. The van der Waals surface area contributed by atoms with Crippen LogP contribution in [0.2, 0.25) is 0 Å². The summed E-state index contributed by atoms with van der Waals surface area (Å²) in [6.07, 6.45) is 0. The second kappa shape index (κ2) is 7.36. The zero-order valence-electron chi connectivity index (χ0n) is 12.8. The number of benzene rings is 3. The van der Waals surface area contributed by atoms with Crippen LogP contribution in [0.25, 0.3) is 0 Å². The van der Waals surface area contributed by atoms with Crippen molar-refractivity contribution >= 4 is 5.69 Å². The molecule has 0 atom stereocenters. The highest BCUT2D eigenvalue weighted by Crippen LogP contribution is 2.20. The van der Waals surface area contributed by atoms with Crippen LogP contribution in [0.3, 0.4) is 0 Å². The van der Waals surface area contributed by atoms with Crippen molar-refractivity contribution in [1.29, 1.82) is 0 Å². The fraction of sp³-hybridized carbons (Fsp3) is 0.100. The van der Waals surface area contributed by atoms with Crippen molar-refractivity contribution in [3.63, 3.8) is 0 Å². The normalized spacial score (nSPS) is 10.3. The molecule has 0 radical (unpaired) electrons. The lowest BCUT2D eigenvalue weighted by molar-refractivity contribution is 0.297. The smallest absolute Gasteiger partial charge is 0.120 e. The molecule has 23 heavy (non-hydrogen) atoms. The second-order valence-electron chi connectivity index (χ2n) is 5.28. The fourth-order valence-electron chi connectivity index (χ4n) is 2.15.